The molecule has 0 saturated carbocycles. The van der Waals surface area contributed by atoms with Crippen molar-refractivity contribution < 1.29 is 25.3 Å². The van der Waals surface area contributed by atoms with Crippen LogP contribution >= 0.6 is 0 Å². The van der Waals surface area contributed by atoms with Gasteiger partial charge in [-0.2, -0.15) is 0 Å². The van der Waals surface area contributed by atoms with Crippen LogP contribution in [0.15, 0.2) is 0 Å². The second-order valence-electron chi connectivity index (χ2n) is 2.94. The zero-order valence-corrected chi connectivity index (χ0v) is 7.90. The van der Waals surface area contributed by atoms with E-state index in [1.165, 1.54) is 0 Å². The van der Waals surface area contributed by atoms with Gasteiger partial charge < -0.3 is 21.4 Å². The molecule has 0 aromatic carbocycles. The molecule has 0 radical (unpaired) electrons. The fourth-order valence-corrected chi connectivity index (χ4v) is 0.941. The molecule has 0 saturated heterocycles. The van der Waals surface area contributed by atoms with Gasteiger partial charge in [0.1, 0.15) is 6.04 Å². The normalized spacial score (nSPS) is 11.5. The van der Waals surface area contributed by atoms with Gasteiger partial charge in [-0.15, -0.1) is 0 Å². The van der Waals surface area contributed by atoms with Gasteiger partial charge in [0.2, 0.25) is 0 Å². The lowest BCUT2D eigenvalue weighted by molar-refractivity contribution is -0.139. The van der Waals surface area contributed by atoms with Gasteiger partial charge in [-0.3, -0.25) is 9.59 Å². The number of unbranched alkanes of at least 4 members (excludes halogenated alkanes) is 2. The highest BCUT2D eigenvalue weighted by atomic mass is 16.4. The molecule has 0 aliphatic rings. The Hall–Kier alpha value is -1.14. The molecule has 6 heteroatoms. The number of rotatable bonds is 7. The van der Waals surface area contributed by atoms with E-state index >= 15 is 0 Å². The van der Waals surface area contributed by atoms with E-state index in [0.29, 0.717) is 25.7 Å². The number of nitrogens with two attached hydrogens (primary N) is 1. The van der Waals surface area contributed by atoms with Crippen molar-refractivity contribution in [1.29, 1.82) is 0 Å². The van der Waals surface area contributed by atoms with Crippen molar-refractivity contribution in [3.05, 3.63) is 0 Å². The molecule has 0 rings (SSSR count). The predicted molar refractivity (Wildman–Crippen MR) is 49.9 cm³/mol. The first-order valence-corrected chi connectivity index (χ1v) is 4.24. The van der Waals surface area contributed by atoms with E-state index in [1.807, 2.05) is 0 Å². The summed E-state index contributed by atoms with van der Waals surface area (Å²) < 4.78 is 0. The maximum atomic E-state index is 10.3. The standard InChI is InChI=1S/C8H15NO4.H2O/c9-6(8(12)13)4-2-1-3-5-7(10)11;/h6H,1-5,9H2,(H,10,11)(H,12,13);1H2. The van der Waals surface area contributed by atoms with E-state index in [2.05, 4.69) is 0 Å². The monoisotopic (exact) mass is 207 g/mol. The molecule has 6 N–H and O–H groups in total. The summed E-state index contributed by atoms with van der Waals surface area (Å²) in [6, 6.07) is -0.815. The molecule has 0 aromatic rings. The SMILES string of the molecule is NC(CCCCCC(=O)O)C(=O)O.O. The molecule has 84 valence electrons. The Kier molecular flexibility index (Phi) is 9.27. The summed E-state index contributed by atoms with van der Waals surface area (Å²) in [4.78, 5) is 20.3. The van der Waals surface area contributed by atoms with Gasteiger partial charge in [0.05, 0.1) is 0 Å². The fourth-order valence-electron chi connectivity index (χ4n) is 0.941. The van der Waals surface area contributed by atoms with Crippen LogP contribution in [0.5, 0.6) is 0 Å². The molecule has 0 bridgehead atoms. The van der Waals surface area contributed by atoms with Crippen LogP contribution in [-0.2, 0) is 9.59 Å². The Morgan fingerprint density at radius 1 is 1.14 bits per heavy atom. The smallest absolute Gasteiger partial charge is 0.320 e. The molecule has 6 nitrogen and oxygen atoms in total. The van der Waals surface area contributed by atoms with Crippen molar-refractivity contribution in [2.75, 3.05) is 0 Å². The number of carbonyl (C=O) groups is 2. The Bertz CT molecular complexity index is 183. The summed E-state index contributed by atoms with van der Waals surface area (Å²) in [5.41, 5.74) is 5.24. The summed E-state index contributed by atoms with van der Waals surface area (Å²) in [5, 5.41) is 16.7. The van der Waals surface area contributed by atoms with E-state index in [4.69, 9.17) is 15.9 Å². The van der Waals surface area contributed by atoms with Crippen LogP contribution in [0.25, 0.3) is 0 Å². The molecule has 0 spiro atoms. The maximum absolute atomic E-state index is 10.3. The van der Waals surface area contributed by atoms with Crippen molar-refractivity contribution in [2.45, 2.75) is 38.1 Å². The Morgan fingerprint density at radius 3 is 2.14 bits per heavy atom. The minimum atomic E-state index is -1.00. The Labute approximate surface area is 82.0 Å². The van der Waals surface area contributed by atoms with Crippen LogP contribution in [0, 0.1) is 0 Å². The van der Waals surface area contributed by atoms with Crippen molar-refractivity contribution >= 4 is 11.9 Å². The first-order valence-electron chi connectivity index (χ1n) is 4.24. The van der Waals surface area contributed by atoms with Crippen LogP contribution in [0.1, 0.15) is 32.1 Å². The molecule has 0 fully saturated rings. The molecular weight excluding hydrogens is 190 g/mol. The summed E-state index contributed by atoms with van der Waals surface area (Å²) >= 11 is 0. The average Bonchev–Trinajstić information content (AvgIpc) is 2.02. The number of hydrogen-bond donors (Lipinski definition) is 3. The molecular formula is C8H17NO5. The van der Waals surface area contributed by atoms with Crippen molar-refractivity contribution in [1.82, 2.24) is 0 Å². The van der Waals surface area contributed by atoms with Gasteiger partial charge in [-0.25, -0.2) is 0 Å². The van der Waals surface area contributed by atoms with E-state index in [0.717, 1.165) is 0 Å². The summed E-state index contributed by atoms with van der Waals surface area (Å²) in [6.07, 6.45) is 2.52. The largest absolute Gasteiger partial charge is 0.481 e. The summed E-state index contributed by atoms with van der Waals surface area (Å²) in [6.45, 7) is 0. The van der Waals surface area contributed by atoms with Crippen molar-refractivity contribution in [3.8, 4) is 0 Å². The second-order valence-corrected chi connectivity index (χ2v) is 2.94. The minimum absolute atomic E-state index is 0. The predicted octanol–water partition coefficient (Wildman–Crippen LogP) is -0.391. The third kappa shape index (κ3) is 8.95. The van der Waals surface area contributed by atoms with E-state index in [9.17, 15) is 9.59 Å². The molecule has 0 heterocycles. The maximum Gasteiger partial charge on any atom is 0.320 e. The first kappa shape index (κ1) is 15.3. The van der Waals surface area contributed by atoms with Crippen molar-refractivity contribution in [3.63, 3.8) is 0 Å². The highest BCUT2D eigenvalue weighted by Gasteiger charge is 2.09. The zero-order valence-electron chi connectivity index (χ0n) is 7.90. The van der Waals surface area contributed by atoms with Gasteiger partial charge in [0.25, 0.3) is 0 Å². The molecule has 0 aliphatic carbocycles. The van der Waals surface area contributed by atoms with Gasteiger partial charge in [0.15, 0.2) is 0 Å². The van der Waals surface area contributed by atoms with Crippen LogP contribution in [0.2, 0.25) is 0 Å². The lowest BCUT2D eigenvalue weighted by Crippen LogP contribution is -2.29. The highest BCUT2D eigenvalue weighted by molar-refractivity contribution is 5.72. The molecule has 1 unspecified atom stereocenters. The summed E-state index contributed by atoms with van der Waals surface area (Å²) in [5.74, 6) is -1.82. The summed E-state index contributed by atoms with van der Waals surface area (Å²) in [7, 11) is 0. The van der Waals surface area contributed by atoms with Crippen LogP contribution in [0.4, 0.5) is 0 Å². The third-order valence-corrected chi connectivity index (χ3v) is 1.72. The van der Waals surface area contributed by atoms with Gasteiger partial charge in [0, 0.05) is 6.42 Å². The van der Waals surface area contributed by atoms with Gasteiger partial charge in [-0.05, 0) is 12.8 Å². The van der Waals surface area contributed by atoms with Gasteiger partial charge in [-0.1, -0.05) is 12.8 Å². The lowest BCUT2D eigenvalue weighted by atomic mass is 10.1. The lowest BCUT2D eigenvalue weighted by Gasteiger charge is -2.04. The number of aliphatic carboxylic acids is 2. The second kappa shape index (κ2) is 8.46. The first-order chi connectivity index (χ1) is 6.04. The molecule has 0 aliphatic heterocycles. The van der Waals surface area contributed by atoms with Crippen LogP contribution < -0.4 is 5.73 Å². The number of hydrogen-bond acceptors (Lipinski definition) is 3. The Morgan fingerprint density at radius 2 is 1.71 bits per heavy atom. The quantitative estimate of drug-likeness (QED) is 0.489. The highest BCUT2D eigenvalue weighted by Crippen LogP contribution is 2.04. The van der Waals surface area contributed by atoms with E-state index in [-0.39, 0.29) is 11.9 Å². The van der Waals surface area contributed by atoms with Gasteiger partial charge >= 0.3 is 11.9 Å². The fraction of sp³-hybridized carbons (Fsp3) is 0.750. The minimum Gasteiger partial charge on any atom is -0.481 e. The molecule has 0 amide bonds. The topological polar surface area (TPSA) is 132 Å². The molecule has 1 atom stereocenters. The molecule has 14 heavy (non-hydrogen) atoms. The van der Waals surface area contributed by atoms with Crippen LogP contribution in [0.3, 0.4) is 0 Å². The average molecular weight is 207 g/mol. The van der Waals surface area contributed by atoms with Crippen LogP contribution in [-0.4, -0.2) is 33.7 Å². The molecule has 0 aromatic heterocycles. The third-order valence-electron chi connectivity index (χ3n) is 1.72. The van der Waals surface area contributed by atoms with E-state index in [1.54, 1.807) is 0 Å². The van der Waals surface area contributed by atoms with E-state index < -0.39 is 18.0 Å². The Balaban J connectivity index is 0. The number of carboxylic acids is 2. The number of carboxylic acid groups (broad SMARTS) is 2. The zero-order chi connectivity index (χ0) is 10.3. The van der Waals surface area contributed by atoms with Crippen molar-refractivity contribution in [2.24, 2.45) is 5.73 Å².